The molecular weight excluding hydrogens is 552 g/mol. The molecule has 2 amide bonds. The smallest absolute Gasteiger partial charge is 0.244 e. The fraction of sp³-hybridized carbons (Fsp3) is 0.417. The van der Waals surface area contributed by atoms with Gasteiger partial charge in [0, 0.05) is 23.1 Å². The summed E-state index contributed by atoms with van der Waals surface area (Å²) < 4.78 is 39.7. The van der Waals surface area contributed by atoms with Gasteiger partial charge < -0.3 is 10.2 Å². The van der Waals surface area contributed by atoms with Crippen LogP contribution in [0.5, 0.6) is 0 Å². The van der Waals surface area contributed by atoms with Gasteiger partial charge in [-0.15, -0.1) is 0 Å². The number of sulfonamides is 1. The molecule has 0 radical (unpaired) electrons. The van der Waals surface area contributed by atoms with Gasteiger partial charge in [0.2, 0.25) is 21.8 Å². The van der Waals surface area contributed by atoms with E-state index in [-0.39, 0.29) is 29.6 Å². The van der Waals surface area contributed by atoms with Gasteiger partial charge in [-0.05, 0) is 48.7 Å². The van der Waals surface area contributed by atoms with Crippen LogP contribution in [0.4, 0.5) is 10.1 Å². The van der Waals surface area contributed by atoms with E-state index in [1.54, 1.807) is 19.1 Å². The second kappa shape index (κ2) is 13.5. The van der Waals surface area contributed by atoms with E-state index in [1.807, 2.05) is 6.92 Å². The third-order valence-corrected chi connectivity index (χ3v) is 7.46. The van der Waals surface area contributed by atoms with Gasteiger partial charge >= 0.3 is 0 Å². The molecule has 0 spiro atoms. The van der Waals surface area contributed by atoms with Crippen LogP contribution in [0.15, 0.2) is 36.4 Å². The largest absolute Gasteiger partial charge is 0.354 e. The molecule has 198 valence electrons. The molecule has 0 saturated heterocycles. The lowest BCUT2D eigenvalue weighted by atomic mass is 10.1. The summed E-state index contributed by atoms with van der Waals surface area (Å²) in [5.74, 6) is -1.74. The number of halogens is 4. The summed E-state index contributed by atoms with van der Waals surface area (Å²) in [7, 11) is -3.97. The molecule has 0 aliphatic rings. The number of nitrogens with zero attached hydrogens (tertiary/aromatic N) is 2. The van der Waals surface area contributed by atoms with Crippen LogP contribution in [0.25, 0.3) is 0 Å². The first kappa shape index (κ1) is 30.2. The van der Waals surface area contributed by atoms with Crippen molar-refractivity contribution in [2.24, 2.45) is 0 Å². The van der Waals surface area contributed by atoms with E-state index in [2.05, 4.69) is 5.32 Å². The standard InChI is InChI=1S/C24H29Cl3FN3O4S/c1-4-6-11-29-24(33)22(5-2)30(14-16-7-8-17(25)12-19(16)26)23(32)15-31(36(3,34)35)18-9-10-21(28)20(27)13-18/h7-10,12-13,22H,4-6,11,14-15H2,1-3H3,(H,29,33)/t22-/m0/s1. The molecule has 2 rings (SSSR count). The summed E-state index contributed by atoms with van der Waals surface area (Å²) in [5.41, 5.74) is 0.548. The van der Waals surface area contributed by atoms with Crippen LogP contribution in [0.1, 0.15) is 38.7 Å². The number of carbonyl (C=O) groups is 2. The van der Waals surface area contributed by atoms with Gasteiger partial charge in [0.05, 0.1) is 17.0 Å². The first-order valence-corrected chi connectivity index (χ1v) is 14.3. The number of benzene rings is 2. The topological polar surface area (TPSA) is 86.8 Å². The molecule has 1 atom stereocenters. The molecule has 7 nitrogen and oxygen atoms in total. The highest BCUT2D eigenvalue weighted by Crippen LogP contribution is 2.26. The highest BCUT2D eigenvalue weighted by Gasteiger charge is 2.32. The minimum Gasteiger partial charge on any atom is -0.354 e. The number of amides is 2. The van der Waals surface area contributed by atoms with Crippen molar-refractivity contribution < 1.29 is 22.4 Å². The van der Waals surface area contributed by atoms with Crippen LogP contribution in [0.3, 0.4) is 0 Å². The summed E-state index contributed by atoms with van der Waals surface area (Å²) >= 11 is 18.2. The van der Waals surface area contributed by atoms with Crippen molar-refractivity contribution in [3.8, 4) is 0 Å². The van der Waals surface area contributed by atoms with Crippen LogP contribution >= 0.6 is 34.8 Å². The Morgan fingerprint density at radius 3 is 2.31 bits per heavy atom. The van der Waals surface area contributed by atoms with E-state index in [0.717, 1.165) is 35.5 Å². The van der Waals surface area contributed by atoms with Crippen LogP contribution in [-0.4, -0.2) is 50.5 Å². The van der Waals surface area contributed by atoms with E-state index >= 15 is 0 Å². The van der Waals surface area contributed by atoms with Gasteiger partial charge in [-0.1, -0.05) is 61.1 Å². The average molecular weight is 581 g/mol. The zero-order valence-corrected chi connectivity index (χ0v) is 23.3. The van der Waals surface area contributed by atoms with Crippen molar-refractivity contribution in [3.63, 3.8) is 0 Å². The third kappa shape index (κ3) is 8.23. The number of anilines is 1. The summed E-state index contributed by atoms with van der Waals surface area (Å²) in [6, 6.07) is 7.23. The molecule has 1 N–H and O–H groups in total. The van der Waals surface area contributed by atoms with Gasteiger partial charge in [-0.2, -0.15) is 0 Å². The molecule has 0 heterocycles. The van der Waals surface area contributed by atoms with Crippen LogP contribution in [-0.2, 0) is 26.2 Å². The Kier molecular flexibility index (Phi) is 11.3. The molecule has 0 bridgehead atoms. The second-order valence-electron chi connectivity index (χ2n) is 8.19. The van der Waals surface area contributed by atoms with E-state index in [0.29, 0.717) is 22.2 Å². The number of carbonyl (C=O) groups excluding carboxylic acids is 2. The van der Waals surface area contributed by atoms with E-state index in [1.165, 1.54) is 17.0 Å². The molecule has 0 aliphatic heterocycles. The monoisotopic (exact) mass is 579 g/mol. The minimum atomic E-state index is -3.97. The van der Waals surface area contributed by atoms with Crippen LogP contribution in [0.2, 0.25) is 15.1 Å². The quantitative estimate of drug-likeness (QED) is 0.346. The molecule has 2 aromatic carbocycles. The summed E-state index contributed by atoms with van der Waals surface area (Å²) in [4.78, 5) is 27.9. The maximum Gasteiger partial charge on any atom is 0.244 e. The minimum absolute atomic E-state index is 0.0159. The summed E-state index contributed by atoms with van der Waals surface area (Å²) in [5, 5.41) is 3.24. The predicted octanol–water partition coefficient (Wildman–Crippen LogP) is 5.28. The average Bonchev–Trinajstić information content (AvgIpc) is 2.80. The van der Waals surface area contributed by atoms with Crippen molar-refractivity contribution in [2.75, 3.05) is 23.7 Å². The molecule has 0 aliphatic carbocycles. The van der Waals surface area contributed by atoms with Gasteiger partial charge in [-0.3, -0.25) is 13.9 Å². The van der Waals surface area contributed by atoms with Crippen molar-refractivity contribution in [1.82, 2.24) is 10.2 Å². The molecule has 0 aromatic heterocycles. The van der Waals surface area contributed by atoms with Gasteiger partial charge in [-0.25, -0.2) is 12.8 Å². The zero-order valence-electron chi connectivity index (χ0n) is 20.2. The molecule has 0 fully saturated rings. The number of hydrogen-bond donors (Lipinski definition) is 1. The Bertz CT molecular complexity index is 1200. The summed E-state index contributed by atoms with van der Waals surface area (Å²) in [6.07, 6.45) is 2.85. The maximum atomic E-state index is 13.7. The van der Waals surface area contributed by atoms with Gasteiger partial charge in [0.25, 0.3) is 0 Å². The lowest BCUT2D eigenvalue weighted by molar-refractivity contribution is -0.140. The molecule has 36 heavy (non-hydrogen) atoms. The Balaban J connectivity index is 2.46. The lowest BCUT2D eigenvalue weighted by Crippen LogP contribution is -2.52. The van der Waals surface area contributed by atoms with Gasteiger partial charge in [0.1, 0.15) is 18.4 Å². The third-order valence-electron chi connectivity index (χ3n) is 5.44. The second-order valence-corrected chi connectivity index (χ2v) is 11.4. The fourth-order valence-electron chi connectivity index (χ4n) is 3.51. The van der Waals surface area contributed by atoms with Gasteiger partial charge in [0.15, 0.2) is 0 Å². The van der Waals surface area contributed by atoms with Crippen LogP contribution < -0.4 is 9.62 Å². The Morgan fingerprint density at radius 1 is 1.06 bits per heavy atom. The fourth-order valence-corrected chi connectivity index (χ4v) is 5.00. The van der Waals surface area contributed by atoms with E-state index in [9.17, 15) is 22.4 Å². The molecule has 0 saturated carbocycles. The number of unbranched alkanes of at least 4 members (excludes halogenated alkanes) is 1. The van der Waals surface area contributed by atoms with E-state index in [4.69, 9.17) is 34.8 Å². The van der Waals surface area contributed by atoms with Crippen molar-refractivity contribution >= 4 is 62.3 Å². The Morgan fingerprint density at radius 2 is 1.75 bits per heavy atom. The SMILES string of the molecule is CCCCNC(=O)[C@H](CC)N(Cc1ccc(Cl)cc1Cl)C(=O)CN(c1ccc(F)c(Cl)c1)S(C)(=O)=O. The normalized spacial score (nSPS) is 12.2. The molecule has 12 heteroatoms. The zero-order chi connectivity index (χ0) is 27.0. The Hall–Kier alpha value is -2.07. The highest BCUT2D eigenvalue weighted by atomic mass is 35.5. The van der Waals surface area contributed by atoms with Crippen molar-refractivity contribution in [1.29, 1.82) is 0 Å². The number of hydrogen-bond acceptors (Lipinski definition) is 4. The predicted molar refractivity (Wildman–Crippen MR) is 143 cm³/mol. The number of rotatable bonds is 12. The summed E-state index contributed by atoms with van der Waals surface area (Å²) in [6.45, 7) is 3.49. The molecule has 2 aromatic rings. The van der Waals surface area contributed by atoms with E-state index < -0.39 is 34.3 Å². The van der Waals surface area contributed by atoms with Crippen molar-refractivity contribution in [3.05, 3.63) is 62.8 Å². The first-order chi connectivity index (χ1) is 16.9. The highest BCUT2D eigenvalue weighted by molar-refractivity contribution is 7.92. The lowest BCUT2D eigenvalue weighted by Gasteiger charge is -2.33. The maximum absolute atomic E-state index is 13.7. The molecule has 0 unspecified atom stereocenters. The van der Waals surface area contributed by atoms with Crippen molar-refractivity contribution in [2.45, 2.75) is 45.7 Å². The Labute approximate surface area is 226 Å². The van der Waals surface area contributed by atoms with Crippen LogP contribution in [0, 0.1) is 5.82 Å². The number of nitrogens with one attached hydrogen (secondary N) is 1. The molecular formula is C24H29Cl3FN3O4S. The first-order valence-electron chi connectivity index (χ1n) is 11.3.